The van der Waals surface area contributed by atoms with Crippen molar-refractivity contribution in [1.82, 2.24) is 19.8 Å². The summed E-state index contributed by atoms with van der Waals surface area (Å²) in [6.07, 6.45) is 1.41. The number of nitrogens with zero attached hydrogens (tertiary/aromatic N) is 3. The van der Waals surface area contributed by atoms with Gasteiger partial charge in [-0.15, -0.1) is 11.3 Å². The molecule has 164 valence electrons. The molecule has 4 rings (SSSR count). The van der Waals surface area contributed by atoms with E-state index in [-0.39, 0.29) is 29.4 Å². The molecule has 3 aromatic rings. The average molecular weight is 445 g/mol. The number of carbonyl (C=O) groups is 1. The zero-order chi connectivity index (χ0) is 22.0. The Morgan fingerprint density at radius 1 is 1.26 bits per heavy atom. The summed E-state index contributed by atoms with van der Waals surface area (Å²) in [6.45, 7) is 7.55. The first-order valence-electron chi connectivity index (χ1n) is 10.2. The molecule has 0 saturated carbocycles. The van der Waals surface area contributed by atoms with Gasteiger partial charge in [0, 0.05) is 36.1 Å². The van der Waals surface area contributed by atoms with Gasteiger partial charge in [0.25, 0.3) is 5.56 Å². The maximum absolute atomic E-state index is 13.3. The normalized spacial score (nSPS) is 15.3. The van der Waals surface area contributed by atoms with E-state index < -0.39 is 0 Å². The summed E-state index contributed by atoms with van der Waals surface area (Å²) < 4.78 is 20.0. The molecule has 1 N–H and O–H groups in total. The monoisotopic (exact) mass is 444 g/mol. The van der Waals surface area contributed by atoms with Crippen molar-refractivity contribution in [2.45, 2.75) is 25.9 Å². The fourth-order valence-electron chi connectivity index (χ4n) is 3.73. The average Bonchev–Trinajstić information content (AvgIpc) is 3.20. The SMILES string of the molecule is CC(C)(CNC(=O)Cn1cnc2scc(-c3ccc(F)cc3)c2c1=O)N1CCOCC1. The molecule has 1 amide bonds. The lowest BCUT2D eigenvalue weighted by Crippen LogP contribution is -2.55. The highest BCUT2D eigenvalue weighted by molar-refractivity contribution is 7.17. The summed E-state index contributed by atoms with van der Waals surface area (Å²) in [5.41, 5.74) is 0.935. The van der Waals surface area contributed by atoms with E-state index in [9.17, 15) is 14.0 Å². The van der Waals surface area contributed by atoms with Gasteiger partial charge >= 0.3 is 0 Å². The molecular weight excluding hydrogens is 419 g/mol. The number of morpholine rings is 1. The van der Waals surface area contributed by atoms with Crippen LogP contribution in [0.1, 0.15) is 13.8 Å². The van der Waals surface area contributed by atoms with Crippen LogP contribution in [0.25, 0.3) is 21.3 Å². The predicted octanol–water partition coefficient (Wildman–Crippen LogP) is 2.49. The molecular formula is C22H25FN4O3S. The Bertz CT molecular complexity index is 1130. The second kappa shape index (κ2) is 8.86. The molecule has 1 aliphatic rings. The highest BCUT2D eigenvalue weighted by Gasteiger charge is 2.28. The fraction of sp³-hybridized carbons (Fsp3) is 0.409. The smallest absolute Gasteiger partial charge is 0.263 e. The lowest BCUT2D eigenvalue weighted by atomic mass is 10.0. The third-order valence-corrected chi connectivity index (χ3v) is 6.50. The number of halogens is 1. The van der Waals surface area contributed by atoms with Crippen LogP contribution >= 0.6 is 11.3 Å². The first-order chi connectivity index (χ1) is 14.8. The minimum Gasteiger partial charge on any atom is -0.379 e. The van der Waals surface area contributed by atoms with Crippen molar-refractivity contribution in [1.29, 1.82) is 0 Å². The molecule has 0 radical (unpaired) electrons. The van der Waals surface area contributed by atoms with Gasteiger partial charge in [-0.1, -0.05) is 12.1 Å². The largest absolute Gasteiger partial charge is 0.379 e. The van der Waals surface area contributed by atoms with Crippen LogP contribution in [0, 0.1) is 5.82 Å². The van der Waals surface area contributed by atoms with E-state index in [2.05, 4.69) is 29.0 Å². The van der Waals surface area contributed by atoms with Crippen molar-refractivity contribution in [2.24, 2.45) is 0 Å². The number of amides is 1. The van der Waals surface area contributed by atoms with Crippen molar-refractivity contribution in [3.63, 3.8) is 0 Å². The van der Waals surface area contributed by atoms with E-state index >= 15 is 0 Å². The summed E-state index contributed by atoms with van der Waals surface area (Å²) in [5, 5.41) is 5.22. The van der Waals surface area contributed by atoms with Gasteiger partial charge in [-0.3, -0.25) is 19.1 Å². The van der Waals surface area contributed by atoms with Crippen LogP contribution in [0.5, 0.6) is 0 Å². The number of hydrogen-bond acceptors (Lipinski definition) is 6. The van der Waals surface area contributed by atoms with E-state index in [0.29, 0.717) is 35.5 Å². The number of nitrogens with one attached hydrogen (secondary N) is 1. The number of fused-ring (bicyclic) bond motifs is 1. The molecule has 0 unspecified atom stereocenters. The topological polar surface area (TPSA) is 76.5 Å². The Kier molecular flexibility index (Phi) is 6.17. The van der Waals surface area contributed by atoms with Gasteiger partial charge in [0.1, 0.15) is 17.2 Å². The van der Waals surface area contributed by atoms with Crippen molar-refractivity contribution >= 4 is 27.5 Å². The lowest BCUT2D eigenvalue weighted by molar-refractivity contribution is -0.122. The number of rotatable bonds is 6. The lowest BCUT2D eigenvalue weighted by Gasteiger charge is -2.40. The molecule has 1 aromatic carbocycles. The van der Waals surface area contributed by atoms with E-state index in [1.807, 2.05) is 5.38 Å². The maximum atomic E-state index is 13.3. The van der Waals surface area contributed by atoms with Crippen LogP contribution in [0.2, 0.25) is 0 Å². The molecule has 1 aliphatic heterocycles. The Labute approximate surface area is 183 Å². The summed E-state index contributed by atoms with van der Waals surface area (Å²) in [7, 11) is 0. The third-order valence-electron chi connectivity index (χ3n) is 5.62. The molecule has 2 aromatic heterocycles. The van der Waals surface area contributed by atoms with Crippen LogP contribution in [0.15, 0.2) is 40.8 Å². The molecule has 7 nitrogen and oxygen atoms in total. The highest BCUT2D eigenvalue weighted by Crippen LogP contribution is 2.30. The minimum absolute atomic E-state index is 0.111. The second-order valence-electron chi connectivity index (χ2n) is 8.20. The first kappa shape index (κ1) is 21.6. The molecule has 1 saturated heterocycles. The number of carbonyl (C=O) groups excluding carboxylic acids is 1. The summed E-state index contributed by atoms with van der Waals surface area (Å²) >= 11 is 1.35. The Morgan fingerprint density at radius 3 is 2.68 bits per heavy atom. The zero-order valence-corrected chi connectivity index (χ0v) is 18.4. The Balaban J connectivity index is 1.50. The fourth-order valence-corrected chi connectivity index (χ4v) is 4.63. The van der Waals surface area contributed by atoms with Crippen molar-refractivity contribution in [3.05, 3.63) is 52.1 Å². The molecule has 3 heterocycles. The van der Waals surface area contributed by atoms with E-state index in [4.69, 9.17) is 4.74 Å². The van der Waals surface area contributed by atoms with Crippen molar-refractivity contribution in [3.8, 4) is 11.1 Å². The number of hydrogen-bond donors (Lipinski definition) is 1. The van der Waals surface area contributed by atoms with Crippen LogP contribution in [0.4, 0.5) is 4.39 Å². The van der Waals surface area contributed by atoms with Crippen molar-refractivity contribution < 1.29 is 13.9 Å². The molecule has 0 atom stereocenters. The van der Waals surface area contributed by atoms with Gasteiger partial charge in [-0.05, 0) is 31.5 Å². The number of aromatic nitrogens is 2. The van der Waals surface area contributed by atoms with Gasteiger partial charge in [-0.25, -0.2) is 9.37 Å². The Morgan fingerprint density at radius 2 is 1.97 bits per heavy atom. The number of ether oxygens (including phenoxy) is 1. The third kappa shape index (κ3) is 4.68. The van der Waals surface area contributed by atoms with Gasteiger partial charge in [0.15, 0.2) is 0 Å². The van der Waals surface area contributed by atoms with Crippen LogP contribution in [-0.4, -0.2) is 58.7 Å². The molecule has 31 heavy (non-hydrogen) atoms. The van der Waals surface area contributed by atoms with Crippen LogP contribution < -0.4 is 10.9 Å². The standard InChI is InChI=1S/C22H25FN4O3S/c1-22(2,27-7-9-30-10-8-27)13-24-18(28)11-26-14-25-20-19(21(26)29)17(12-31-20)15-3-5-16(23)6-4-15/h3-6,12,14H,7-11,13H2,1-2H3,(H,24,28). The second-order valence-corrected chi connectivity index (χ2v) is 9.06. The highest BCUT2D eigenvalue weighted by atomic mass is 32.1. The van der Waals surface area contributed by atoms with E-state index in [1.54, 1.807) is 12.1 Å². The van der Waals surface area contributed by atoms with E-state index in [0.717, 1.165) is 18.7 Å². The molecule has 0 aliphatic carbocycles. The quantitative estimate of drug-likeness (QED) is 0.632. The first-order valence-corrected chi connectivity index (χ1v) is 11.1. The molecule has 9 heteroatoms. The van der Waals surface area contributed by atoms with Gasteiger partial charge in [0.2, 0.25) is 5.91 Å². The van der Waals surface area contributed by atoms with Gasteiger partial charge < -0.3 is 10.1 Å². The van der Waals surface area contributed by atoms with Crippen LogP contribution in [0.3, 0.4) is 0 Å². The molecule has 1 fully saturated rings. The van der Waals surface area contributed by atoms with Crippen molar-refractivity contribution in [2.75, 3.05) is 32.8 Å². The minimum atomic E-state index is -0.338. The number of thiophene rings is 1. The van der Waals surface area contributed by atoms with Crippen LogP contribution in [-0.2, 0) is 16.1 Å². The zero-order valence-electron chi connectivity index (χ0n) is 17.6. The van der Waals surface area contributed by atoms with Gasteiger partial charge in [0.05, 0.1) is 24.9 Å². The maximum Gasteiger partial charge on any atom is 0.263 e. The van der Waals surface area contributed by atoms with E-state index in [1.165, 1.54) is 34.4 Å². The summed E-state index contributed by atoms with van der Waals surface area (Å²) in [5.74, 6) is -0.585. The number of benzene rings is 1. The summed E-state index contributed by atoms with van der Waals surface area (Å²) in [4.78, 5) is 32.9. The summed E-state index contributed by atoms with van der Waals surface area (Å²) in [6, 6.07) is 5.98. The predicted molar refractivity (Wildman–Crippen MR) is 119 cm³/mol. The Hall–Kier alpha value is -2.62. The molecule has 0 spiro atoms. The molecule has 0 bridgehead atoms. The van der Waals surface area contributed by atoms with Gasteiger partial charge in [-0.2, -0.15) is 0 Å².